The van der Waals surface area contributed by atoms with Crippen molar-refractivity contribution in [1.82, 2.24) is 5.32 Å². The zero-order valence-electron chi connectivity index (χ0n) is 5.35. The summed E-state index contributed by atoms with van der Waals surface area (Å²) in [5.41, 5.74) is 5.17. The third kappa shape index (κ3) is 1.55. The lowest BCUT2D eigenvalue weighted by molar-refractivity contribution is 0.102. The highest BCUT2D eigenvalue weighted by molar-refractivity contribution is 5.78. The van der Waals surface area contributed by atoms with Crippen molar-refractivity contribution in [2.45, 2.75) is 18.9 Å². The maximum absolute atomic E-state index is 11.9. The molecule has 1 atom stereocenters. The van der Waals surface area contributed by atoms with Gasteiger partial charge in [0.05, 0.1) is 6.04 Å². The number of guanidine groups is 1. The highest BCUT2D eigenvalue weighted by Gasteiger charge is 2.22. The van der Waals surface area contributed by atoms with Crippen LogP contribution in [0.25, 0.3) is 0 Å². The summed E-state index contributed by atoms with van der Waals surface area (Å²) in [5.74, 6) is 0.122. The summed E-state index contributed by atoms with van der Waals surface area (Å²) in [4.78, 5) is 3.71. The van der Waals surface area contributed by atoms with E-state index in [9.17, 15) is 8.78 Å². The van der Waals surface area contributed by atoms with Crippen LogP contribution in [0.5, 0.6) is 0 Å². The summed E-state index contributed by atoms with van der Waals surface area (Å²) in [5, 5.41) is 2.39. The summed E-state index contributed by atoms with van der Waals surface area (Å²) in [6.07, 6.45) is -1.99. The van der Waals surface area contributed by atoms with Crippen molar-refractivity contribution in [1.29, 1.82) is 0 Å². The molecule has 0 spiro atoms. The SMILES string of the molecule is NC1=NCCC(C(F)F)N1. The lowest BCUT2D eigenvalue weighted by atomic mass is 10.2. The van der Waals surface area contributed by atoms with Gasteiger partial charge >= 0.3 is 0 Å². The van der Waals surface area contributed by atoms with Gasteiger partial charge in [0, 0.05) is 6.54 Å². The van der Waals surface area contributed by atoms with Gasteiger partial charge in [-0.05, 0) is 6.42 Å². The molecule has 0 saturated carbocycles. The highest BCUT2D eigenvalue weighted by atomic mass is 19.3. The van der Waals surface area contributed by atoms with Crippen LogP contribution in [0.2, 0.25) is 0 Å². The minimum Gasteiger partial charge on any atom is -0.370 e. The van der Waals surface area contributed by atoms with Crippen LogP contribution >= 0.6 is 0 Å². The van der Waals surface area contributed by atoms with E-state index < -0.39 is 12.5 Å². The molecule has 58 valence electrons. The quantitative estimate of drug-likeness (QED) is 0.548. The Bertz CT molecular complexity index is 146. The summed E-state index contributed by atoms with van der Waals surface area (Å²) in [7, 11) is 0. The van der Waals surface area contributed by atoms with Gasteiger partial charge in [0.2, 0.25) is 0 Å². The largest absolute Gasteiger partial charge is 0.370 e. The average Bonchev–Trinajstić information content (AvgIpc) is 1.88. The van der Waals surface area contributed by atoms with Gasteiger partial charge in [0.15, 0.2) is 5.96 Å². The van der Waals surface area contributed by atoms with E-state index in [1.54, 1.807) is 0 Å². The van der Waals surface area contributed by atoms with Gasteiger partial charge < -0.3 is 11.1 Å². The molecule has 0 radical (unpaired) electrons. The third-order valence-electron chi connectivity index (χ3n) is 1.36. The zero-order valence-corrected chi connectivity index (χ0v) is 5.35. The van der Waals surface area contributed by atoms with Crippen LogP contribution in [0.3, 0.4) is 0 Å². The number of hydrogen-bond donors (Lipinski definition) is 2. The number of aliphatic imine (C=N–C) groups is 1. The normalized spacial score (nSPS) is 25.9. The molecule has 1 heterocycles. The fourth-order valence-corrected chi connectivity index (χ4v) is 0.821. The molecule has 1 aliphatic heterocycles. The topological polar surface area (TPSA) is 50.4 Å². The second-order valence-electron chi connectivity index (χ2n) is 2.14. The van der Waals surface area contributed by atoms with Gasteiger partial charge in [-0.2, -0.15) is 0 Å². The summed E-state index contributed by atoms with van der Waals surface area (Å²) < 4.78 is 23.8. The first-order valence-electron chi connectivity index (χ1n) is 3.05. The van der Waals surface area contributed by atoms with E-state index in [1.807, 2.05) is 0 Å². The minimum atomic E-state index is -2.35. The summed E-state index contributed by atoms with van der Waals surface area (Å²) in [6.45, 7) is 0.397. The Morgan fingerprint density at radius 1 is 1.70 bits per heavy atom. The number of alkyl halides is 2. The molecular formula is C5H9F2N3. The summed E-state index contributed by atoms with van der Waals surface area (Å²) in [6, 6.07) is -0.808. The molecule has 0 saturated heterocycles. The molecule has 5 heteroatoms. The average molecular weight is 149 g/mol. The Labute approximate surface area is 57.3 Å². The van der Waals surface area contributed by atoms with E-state index in [0.717, 1.165) is 0 Å². The number of hydrogen-bond acceptors (Lipinski definition) is 3. The van der Waals surface area contributed by atoms with Crippen LogP contribution in [-0.2, 0) is 0 Å². The fourth-order valence-electron chi connectivity index (χ4n) is 0.821. The van der Waals surface area contributed by atoms with Crippen LogP contribution in [-0.4, -0.2) is 25.0 Å². The zero-order chi connectivity index (χ0) is 7.56. The maximum Gasteiger partial charge on any atom is 0.258 e. The fraction of sp³-hybridized carbons (Fsp3) is 0.800. The lowest BCUT2D eigenvalue weighted by Gasteiger charge is -2.21. The molecule has 0 aromatic rings. The van der Waals surface area contributed by atoms with Crippen molar-refractivity contribution in [2.75, 3.05) is 6.54 Å². The number of halogens is 2. The van der Waals surface area contributed by atoms with Gasteiger partial charge in [-0.15, -0.1) is 0 Å². The summed E-state index contributed by atoms with van der Waals surface area (Å²) >= 11 is 0. The second-order valence-corrected chi connectivity index (χ2v) is 2.14. The van der Waals surface area contributed by atoms with E-state index in [-0.39, 0.29) is 5.96 Å². The third-order valence-corrected chi connectivity index (χ3v) is 1.36. The van der Waals surface area contributed by atoms with Crippen molar-refractivity contribution in [3.63, 3.8) is 0 Å². The first kappa shape index (κ1) is 7.24. The molecule has 3 nitrogen and oxygen atoms in total. The van der Waals surface area contributed by atoms with Crippen molar-refractivity contribution in [3.05, 3.63) is 0 Å². The monoisotopic (exact) mass is 149 g/mol. The van der Waals surface area contributed by atoms with Crippen LogP contribution in [0.15, 0.2) is 4.99 Å². The van der Waals surface area contributed by atoms with E-state index in [2.05, 4.69) is 10.3 Å². The molecule has 0 bridgehead atoms. The lowest BCUT2D eigenvalue weighted by Crippen LogP contribution is -2.47. The smallest absolute Gasteiger partial charge is 0.258 e. The van der Waals surface area contributed by atoms with E-state index in [0.29, 0.717) is 13.0 Å². The second kappa shape index (κ2) is 2.81. The Kier molecular flexibility index (Phi) is 2.03. The Morgan fingerprint density at radius 3 is 2.80 bits per heavy atom. The predicted octanol–water partition coefficient (Wildman–Crippen LogP) is -0.0719. The molecule has 10 heavy (non-hydrogen) atoms. The molecule has 1 unspecified atom stereocenters. The Balaban J connectivity index is 2.45. The van der Waals surface area contributed by atoms with Gasteiger partial charge in [0.1, 0.15) is 0 Å². The van der Waals surface area contributed by atoms with Gasteiger partial charge in [-0.25, -0.2) is 8.78 Å². The van der Waals surface area contributed by atoms with E-state index >= 15 is 0 Å². The predicted molar refractivity (Wildman–Crippen MR) is 34.0 cm³/mol. The molecule has 0 aliphatic carbocycles. The van der Waals surface area contributed by atoms with Crippen molar-refractivity contribution >= 4 is 5.96 Å². The van der Waals surface area contributed by atoms with Crippen LogP contribution in [0, 0.1) is 0 Å². The molecule has 3 N–H and O–H groups in total. The standard InChI is InChI=1S/C5H9F2N3/c6-4(7)3-1-2-9-5(8)10-3/h3-4H,1-2H2,(H3,8,9,10). The Hall–Kier alpha value is -0.870. The first-order valence-corrected chi connectivity index (χ1v) is 3.05. The van der Waals surface area contributed by atoms with E-state index in [1.165, 1.54) is 0 Å². The van der Waals surface area contributed by atoms with Gasteiger partial charge in [-0.3, -0.25) is 4.99 Å². The minimum absolute atomic E-state index is 0.122. The molecule has 1 aliphatic rings. The molecule has 0 aromatic heterocycles. The highest BCUT2D eigenvalue weighted by Crippen LogP contribution is 2.07. The Morgan fingerprint density at radius 2 is 2.40 bits per heavy atom. The van der Waals surface area contributed by atoms with E-state index in [4.69, 9.17) is 5.73 Å². The van der Waals surface area contributed by atoms with Crippen molar-refractivity contribution < 1.29 is 8.78 Å². The van der Waals surface area contributed by atoms with Gasteiger partial charge in [0.25, 0.3) is 6.43 Å². The molecule has 0 amide bonds. The maximum atomic E-state index is 11.9. The molecular weight excluding hydrogens is 140 g/mol. The first-order chi connectivity index (χ1) is 4.70. The molecule has 0 fully saturated rings. The number of rotatable bonds is 1. The van der Waals surface area contributed by atoms with Crippen LogP contribution in [0.4, 0.5) is 8.78 Å². The molecule has 0 aromatic carbocycles. The number of nitrogens with one attached hydrogen (secondary N) is 1. The van der Waals surface area contributed by atoms with Crippen LogP contribution < -0.4 is 11.1 Å². The van der Waals surface area contributed by atoms with Crippen LogP contribution in [0.1, 0.15) is 6.42 Å². The number of nitrogens with two attached hydrogens (primary N) is 1. The van der Waals surface area contributed by atoms with Crippen molar-refractivity contribution in [2.24, 2.45) is 10.7 Å². The van der Waals surface area contributed by atoms with Gasteiger partial charge in [-0.1, -0.05) is 0 Å². The van der Waals surface area contributed by atoms with Crippen molar-refractivity contribution in [3.8, 4) is 0 Å². The number of nitrogens with zero attached hydrogens (tertiary/aromatic N) is 1. The molecule has 1 rings (SSSR count).